The molecule has 0 fully saturated rings. The van der Waals surface area contributed by atoms with E-state index in [-0.39, 0.29) is 11.6 Å². The number of carbonyl (C=O) groups excluding carboxylic acids is 2. The number of nitrogens with one attached hydrogen (secondary N) is 1. The normalized spacial score (nSPS) is 13.5. The van der Waals surface area contributed by atoms with E-state index in [2.05, 4.69) is 17.2 Å². The highest BCUT2D eigenvalue weighted by Crippen LogP contribution is 2.41. The molecule has 3 rings (SSSR count). The number of ether oxygens (including phenoxy) is 3. The van der Waals surface area contributed by atoms with Gasteiger partial charge in [-0.1, -0.05) is 70.1 Å². The van der Waals surface area contributed by atoms with E-state index in [0.717, 1.165) is 29.7 Å². The Kier molecular flexibility index (Phi) is 11.6. The van der Waals surface area contributed by atoms with Gasteiger partial charge in [0.15, 0.2) is 11.5 Å². The molecule has 0 saturated heterocycles. The predicted octanol–water partition coefficient (Wildman–Crippen LogP) is 7.00. The summed E-state index contributed by atoms with van der Waals surface area (Å²) in [7, 11) is 1.78. The van der Waals surface area contributed by atoms with Gasteiger partial charge in [-0.25, -0.2) is 9.78 Å². The van der Waals surface area contributed by atoms with Crippen molar-refractivity contribution in [3.05, 3.63) is 59.9 Å². The summed E-state index contributed by atoms with van der Waals surface area (Å²) < 4.78 is 18.3. The van der Waals surface area contributed by atoms with Crippen molar-refractivity contribution in [2.75, 3.05) is 19.0 Å². The number of aromatic nitrogens is 1. The van der Waals surface area contributed by atoms with Crippen LogP contribution in [0.3, 0.4) is 0 Å². The second kappa shape index (κ2) is 15.1. The molecule has 2 heterocycles. The lowest BCUT2D eigenvalue weighted by Gasteiger charge is -2.30. The Morgan fingerprint density at radius 2 is 1.70 bits per heavy atom. The van der Waals surface area contributed by atoms with Crippen molar-refractivity contribution in [1.29, 1.82) is 0 Å². The number of nitrogens with zero attached hydrogens (tertiary/aromatic N) is 2. The van der Waals surface area contributed by atoms with Crippen molar-refractivity contribution < 1.29 is 23.8 Å². The zero-order valence-electron chi connectivity index (χ0n) is 21.9. The van der Waals surface area contributed by atoms with Gasteiger partial charge in [-0.2, -0.15) is 0 Å². The van der Waals surface area contributed by atoms with Gasteiger partial charge in [0.1, 0.15) is 5.82 Å². The molecule has 1 atom stereocenters. The molecule has 1 N–H and O–H groups in total. The maximum absolute atomic E-state index is 13.2. The highest BCUT2D eigenvalue weighted by Gasteiger charge is 2.31. The van der Waals surface area contributed by atoms with Crippen LogP contribution in [-0.4, -0.2) is 41.3 Å². The highest BCUT2D eigenvalue weighted by atomic mass is 32.2. The molecule has 0 aliphatic carbocycles. The number of benzene rings is 1. The van der Waals surface area contributed by atoms with E-state index in [9.17, 15) is 9.59 Å². The maximum Gasteiger partial charge on any atom is 0.511 e. The van der Waals surface area contributed by atoms with E-state index >= 15 is 0 Å². The third kappa shape index (κ3) is 9.00. The monoisotopic (exact) mass is 527 g/mol. The first-order valence-corrected chi connectivity index (χ1v) is 13.7. The first kappa shape index (κ1) is 28.4. The second-order valence-corrected chi connectivity index (χ2v) is 9.98. The van der Waals surface area contributed by atoms with E-state index in [1.165, 1.54) is 44.1 Å². The fraction of sp³-hybridized carbons (Fsp3) is 0.464. The summed E-state index contributed by atoms with van der Waals surface area (Å²) in [6.07, 6.45) is 9.12. The van der Waals surface area contributed by atoms with Crippen LogP contribution in [0.2, 0.25) is 0 Å². The van der Waals surface area contributed by atoms with Gasteiger partial charge in [0.25, 0.3) is 5.91 Å². The van der Waals surface area contributed by atoms with E-state index in [4.69, 9.17) is 14.2 Å². The molecule has 1 aliphatic heterocycles. The summed E-state index contributed by atoms with van der Waals surface area (Å²) in [5, 5.41) is 2.80. The molecule has 1 amide bonds. The van der Waals surface area contributed by atoms with Crippen LogP contribution in [0.5, 0.6) is 0 Å². The van der Waals surface area contributed by atoms with Gasteiger partial charge < -0.3 is 23.8 Å². The summed E-state index contributed by atoms with van der Waals surface area (Å²) in [5.41, 5.74) is 1.02. The highest BCUT2D eigenvalue weighted by molar-refractivity contribution is 7.97. The largest absolute Gasteiger partial charge is 0.511 e. The average Bonchev–Trinajstić information content (AvgIpc) is 2.88. The topological polar surface area (TPSA) is 90.0 Å². The van der Waals surface area contributed by atoms with Crippen LogP contribution in [0, 0.1) is 0 Å². The van der Waals surface area contributed by atoms with E-state index in [1.54, 1.807) is 42.7 Å². The number of hydrogen-bond acceptors (Lipinski definition) is 8. The van der Waals surface area contributed by atoms with Gasteiger partial charge in [0.05, 0.1) is 6.61 Å². The van der Waals surface area contributed by atoms with Gasteiger partial charge >= 0.3 is 6.16 Å². The van der Waals surface area contributed by atoms with E-state index < -0.39 is 12.4 Å². The Bertz CT molecular complexity index is 1050. The Balaban J connectivity index is 1.58. The maximum atomic E-state index is 13.2. The minimum atomic E-state index is -0.969. The molecule has 1 aromatic carbocycles. The van der Waals surface area contributed by atoms with Crippen LogP contribution in [0.1, 0.15) is 70.8 Å². The number of anilines is 1. The molecule has 1 aliphatic rings. The summed E-state index contributed by atoms with van der Waals surface area (Å²) in [4.78, 5) is 30.5. The fourth-order valence-electron chi connectivity index (χ4n) is 3.93. The Morgan fingerprint density at radius 1 is 1.00 bits per heavy atom. The molecule has 200 valence electrons. The number of hydrogen-bond donors (Lipinski definition) is 1. The number of amides is 1. The summed E-state index contributed by atoms with van der Waals surface area (Å²) in [6.45, 7) is 4.12. The molecule has 37 heavy (non-hydrogen) atoms. The standard InChI is InChI=1S/C28H37N3O5S/c1-4-5-6-7-8-9-10-15-20-34-28(33)36-21(2)35-26-22-16-11-12-17-23(22)37-31(3)25(26)27(32)30-24-18-13-14-19-29-24/h11-14,16-19,21H,4-10,15,20H2,1-3H3,(H,29,30,32). The van der Waals surface area contributed by atoms with Crippen molar-refractivity contribution in [3.63, 3.8) is 0 Å². The molecule has 1 unspecified atom stereocenters. The van der Waals surface area contributed by atoms with Gasteiger partial charge in [0.2, 0.25) is 6.29 Å². The average molecular weight is 528 g/mol. The van der Waals surface area contributed by atoms with Gasteiger partial charge in [-0.15, -0.1) is 0 Å². The summed E-state index contributed by atoms with van der Waals surface area (Å²) in [6, 6.07) is 12.9. The van der Waals surface area contributed by atoms with Crippen LogP contribution in [-0.2, 0) is 19.0 Å². The lowest BCUT2D eigenvalue weighted by atomic mass is 10.1. The quantitative estimate of drug-likeness (QED) is 0.122. The number of carbonyl (C=O) groups is 2. The van der Waals surface area contributed by atoms with Crippen molar-refractivity contribution >= 4 is 35.6 Å². The van der Waals surface area contributed by atoms with Gasteiger partial charge in [-0.05, 0) is 42.6 Å². The summed E-state index contributed by atoms with van der Waals surface area (Å²) in [5.74, 6) is 0.349. The Hall–Kier alpha value is -3.20. The molecule has 0 bridgehead atoms. The van der Waals surface area contributed by atoms with Crippen LogP contribution >= 0.6 is 11.9 Å². The van der Waals surface area contributed by atoms with Crippen LogP contribution in [0.4, 0.5) is 10.6 Å². The van der Waals surface area contributed by atoms with E-state index in [0.29, 0.717) is 18.2 Å². The van der Waals surface area contributed by atoms with Crippen molar-refractivity contribution in [3.8, 4) is 0 Å². The number of rotatable bonds is 14. The number of pyridine rings is 1. The third-order valence-electron chi connectivity index (χ3n) is 5.78. The van der Waals surface area contributed by atoms with E-state index in [1.807, 2.05) is 24.3 Å². The molecule has 2 aromatic rings. The smallest absolute Gasteiger partial charge is 0.452 e. The predicted molar refractivity (Wildman–Crippen MR) is 145 cm³/mol. The molecule has 0 radical (unpaired) electrons. The molecule has 1 aromatic heterocycles. The first-order chi connectivity index (χ1) is 18.0. The molecular weight excluding hydrogens is 490 g/mol. The third-order valence-corrected chi connectivity index (χ3v) is 6.79. The van der Waals surface area contributed by atoms with Crippen molar-refractivity contribution in [2.24, 2.45) is 0 Å². The SMILES string of the molecule is CCCCCCCCCCOC(=O)OC(C)OC1=C(C(=O)Nc2ccccn2)N(C)Sc2ccccc21. The second-order valence-electron chi connectivity index (χ2n) is 8.81. The van der Waals surface area contributed by atoms with Crippen LogP contribution in [0.25, 0.3) is 5.76 Å². The van der Waals surface area contributed by atoms with Crippen LogP contribution in [0.15, 0.2) is 59.3 Å². The van der Waals surface area contributed by atoms with Gasteiger partial charge in [0, 0.05) is 30.6 Å². The number of unbranched alkanes of at least 4 members (excludes halogenated alkanes) is 7. The lowest BCUT2D eigenvalue weighted by molar-refractivity contribution is -0.114. The Morgan fingerprint density at radius 3 is 2.43 bits per heavy atom. The molecule has 0 spiro atoms. The zero-order valence-corrected chi connectivity index (χ0v) is 22.7. The first-order valence-electron chi connectivity index (χ1n) is 13.0. The Labute approximate surface area is 223 Å². The number of fused-ring (bicyclic) bond motifs is 1. The zero-order chi connectivity index (χ0) is 26.5. The fourth-order valence-corrected chi connectivity index (χ4v) is 4.88. The number of likely N-dealkylation sites (N-methyl/N-ethyl adjacent to an activating group) is 1. The summed E-state index contributed by atoms with van der Waals surface area (Å²) >= 11 is 1.41. The minimum absolute atomic E-state index is 0.289. The molecule has 9 heteroatoms. The molecule has 8 nitrogen and oxygen atoms in total. The lowest BCUT2D eigenvalue weighted by Crippen LogP contribution is -2.30. The minimum Gasteiger partial charge on any atom is -0.452 e. The van der Waals surface area contributed by atoms with Crippen molar-refractivity contribution in [2.45, 2.75) is 76.4 Å². The van der Waals surface area contributed by atoms with Crippen molar-refractivity contribution in [1.82, 2.24) is 9.29 Å². The molecule has 0 saturated carbocycles. The van der Waals surface area contributed by atoms with Gasteiger partial charge in [-0.3, -0.25) is 4.79 Å². The molecular formula is C28H37N3O5S. The van der Waals surface area contributed by atoms with Crippen LogP contribution < -0.4 is 5.32 Å².